The normalized spacial score (nSPS) is 12.5. The maximum atomic E-state index is 11.9. The number of halogens is 1. The van der Waals surface area contributed by atoms with E-state index in [9.17, 15) is 4.79 Å². The summed E-state index contributed by atoms with van der Waals surface area (Å²) >= 11 is 7.44. The number of hydrogen-bond donors (Lipinski definition) is 0. The predicted octanol–water partition coefficient (Wildman–Crippen LogP) is 1.78. The molecule has 0 spiro atoms. The van der Waals surface area contributed by atoms with Crippen molar-refractivity contribution in [3.8, 4) is 0 Å². The molecule has 1 rings (SSSR count). The predicted molar refractivity (Wildman–Crippen MR) is 65.3 cm³/mol. The van der Waals surface area contributed by atoms with Gasteiger partial charge >= 0.3 is 0 Å². The highest BCUT2D eigenvalue weighted by molar-refractivity contribution is 7.09. The minimum atomic E-state index is -0.196. The van der Waals surface area contributed by atoms with Crippen molar-refractivity contribution in [3.05, 3.63) is 16.1 Å². The second-order valence-corrected chi connectivity index (χ2v) is 5.17. The maximum absolute atomic E-state index is 11.9. The first-order valence-electron chi connectivity index (χ1n) is 4.85. The van der Waals surface area contributed by atoms with Gasteiger partial charge < -0.3 is 9.64 Å². The van der Waals surface area contributed by atoms with Crippen molar-refractivity contribution in [1.29, 1.82) is 0 Å². The average Bonchev–Trinajstić information content (AvgIpc) is 2.64. The third-order valence-electron chi connectivity index (χ3n) is 2.00. The minimum Gasteiger partial charge on any atom is -0.383 e. The summed E-state index contributed by atoms with van der Waals surface area (Å²) < 4.78 is 4.91. The molecule has 1 aromatic rings. The number of hydrogen-bond acceptors (Lipinski definition) is 4. The minimum absolute atomic E-state index is 0.105. The molecule has 0 bridgehead atoms. The van der Waals surface area contributed by atoms with Gasteiger partial charge in [0.2, 0.25) is 0 Å². The Morgan fingerprint density at radius 3 is 2.94 bits per heavy atom. The summed E-state index contributed by atoms with van der Waals surface area (Å²) in [6.07, 6.45) is 0. The van der Waals surface area contributed by atoms with Gasteiger partial charge in [-0.3, -0.25) is 4.79 Å². The molecule has 1 amide bonds. The molecule has 0 aliphatic heterocycles. The van der Waals surface area contributed by atoms with Gasteiger partial charge in [-0.1, -0.05) is 0 Å². The van der Waals surface area contributed by atoms with Crippen LogP contribution in [-0.2, 0) is 4.74 Å². The monoisotopic (exact) mass is 262 g/mol. The van der Waals surface area contributed by atoms with Gasteiger partial charge in [-0.25, -0.2) is 4.98 Å². The third kappa shape index (κ3) is 3.73. The van der Waals surface area contributed by atoms with Crippen LogP contribution in [0.3, 0.4) is 0 Å². The lowest BCUT2D eigenvalue weighted by Crippen LogP contribution is -2.34. The Morgan fingerprint density at radius 2 is 2.44 bits per heavy atom. The molecule has 0 N–H and O–H groups in total. The van der Waals surface area contributed by atoms with Gasteiger partial charge in [-0.2, -0.15) is 0 Å². The average molecular weight is 263 g/mol. The van der Waals surface area contributed by atoms with E-state index in [1.165, 1.54) is 11.3 Å². The van der Waals surface area contributed by atoms with Gasteiger partial charge in [0.1, 0.15) is 5.69 Å². The molecule has 90 valence electrons. The van der Waals surface area contributed by atoms with Crippen LogP contribution in [-0.4, -0.2) is 48.5 Å². The first-order valence-corrected chi connectivity index (χ1v) is 6.16. The van der Waals surface area contributed by atoms with Crippen LogP contribution in [0.15, 0.2) is 5.38 Å². The van der Waals surface area contributed by atoms with E-state index in [0.717, 1.165) is 5.01 Å². The molecule has 1 heterocycles. The number of methoxy groups -OCH3 is 1. The van der Waals surface area contributed by atoms with Gasteiger partial charge in [0.05, 0.1) is 17.0 Å². The highest BCUT2D eigenvalue weighted by Gasteiger charge is 2.17. The summed E-state index contributed by atoms with van der Waals surface area (Å²) in [7, 11) is 3.29. The molecule has 0 aliphatic rings. The fourth-order valence-corrected chi connectivity index (χ4v) is 2.19. The molecular weight excluding hydrogens is 248 g/mol. The number of carbonyl (C=O) groups excluding carboxylic acids is 1. The molecule has 0 saturated carbocycles. The van der Waals surface area contributed by atoms with Crippen molar-refractivity contribution in [1.82, 2.24) is 9.88 Å². The van der Waals surface area contributed by atoms with Gasteiger partial charge in [0, 0.05) is 26.1 Å². The van der Waals surface area contributed by atoms with Crippen molar-refractivity contribution in [2.24, 2.45) is 0 Å². The second-order valence-electron chi connectivity index (χ2n) is 3.49. The SMILES string of the molecule is COCC(Cl)CN(C)C(=O)c1csc(C)n1. The fraction of sp³-hybridized carbons (Fsp3) is 0.600. The highest BCUT2D eigenvalue weighted by atomic mass is 35.5. The summed E-state index contributed by atoms with van der Waals surface area (Å²) in [4.78, 5) is 17.6. The molecule has 16 heavy (non-hydrogen) atoms. The van der Waals surface area contributed by atoms with E-state index in [1.54, 1.807) is 24.4 Å². The van der Waals surface area contributed by atoms with Crippen LogP contribution in [0.25, 0.3) is 0 Å². The summed E-state index contributed by atoms with van der Waals surface area (Å²) in [5, 5.41) is 2.45. The van der Waals surface area contributed by atoms with E-state index in [0.29, 0.717) is 18.8 Å². The Bertz CT molecular complexity index is 356. The number of nitrogens with zero attached hydrogens (tertiary/aromatic N) is 2. The molecule has 0 fully saturated rings. The number of rotatable bonds is 5. The number of amides is 1. The summed E-state index contributed by atoms with van der Waals surface area (Å²) in [6.45, 7) is 2.75. The number of carbonyl (C=O) groups is 1. The van der Waals surface area contributed by atoms with Gasteiger partial charge in [0.25, 0.3) is 5.91 Å². The zero-order valence-electron chi connectivity index (χ0n) is 9.57. The van der Waals surface area contributed by atoms with Crippen LogP contribution in [0.5, 0.6) is 0 Å². The maximum Gasteiger partial charge on any atom is 0.273 e. The number of thiazole rings is 1. The number of aromatic nitrogens is 1. The van der Waals surface area contributed by atoms with Crippen molar-refractivity contribution < 1.29 is 9.53 Å². The molecule has 1 aromatic heterocycles. The van der Waals surface area contributed by atoms with Crippen molar-refractivity contribution in [2.45, 2.75) is 12.3 Å². The number of alkyl halides is 1. The lowest BCUT2D eigenvalue weighted by atomic mass is 10.3. The Balaban J connectivity index is 2.54. The van der Waals surface area contributed by atoms with E-state index in [1.807, 2.05) is 6.92 Å². The summed E-state index contributed by atoms with van der Waals surface area (Å²) in [5.41, 5.74) is 0.478. The molecule has 0 radical (unpaired) electrons. The molecule has 4 nitrogen and oxygen atoms in total. The van der Waals surface area contributed by atoms with E-state index in [2.05, 4.69) is 4.98 Å². The van der Waals surface area contributed by atoms with E-state index < -0.39 is 0 Å². The largest absolute Gasteiger partial charge is 0.383 e. The van der Waals surface area contributed by atoms with E-state index in [4.69, 9.17) is 16.3 Å². The number of ether oxygens (including phenoxy) is 1. The summed E-state index contributed by atoms with van der Waals surface area (Å²) in [5.74, 6) is -0.105. The lowest BCUT2D eigenvalue weighted by Gasteiger charge is -2.18. The summed E-state index contributed by atoms with van der Waals surface area (Å²) in [6, 6.07) is 0. The second kappa shape index (κ2) is 6.18. The zero-order valence-corrected chi connectivity index (χ0v) is 11.1. The quantitative estimate of drug-likeness (QED) is 0.760. The van der Waals surface area contributed by atoms with Gasteiger partial charge in [0.15, 0.2) is 0 Å². The topological polar surface area (TPSA) is 42.4 Å². The van der Waals surface area contributed by atoms with Crippen LogP contribution in [0.2, 0.25) is 0 Å². The van der Waals surface area contributed by atoms with Crippen molar-refractivity contribution >= 4 is 28.8 Å². The molecule has 0 saturated heterocycles. The molecule has 0 aliphatic carbocycles. The highest BCUT2D eigenvalue weighted by Crippen LogP contribution is 2.10. The smallest absolute Gasteiger partial charge is 0.273 e. The van der Waals surface area contributed by atoms with Crippen LogP contribution >= 0.6 is 22.9 Å². The lowest BCUT2D eigenvalue weighted by molar-refractivity contribution is 0.0776. The van der Waals surface area contributed by atoms with Crippen LogP contribution in [0.1, 0.15) is 15.5 Å². The van der Waals surface area contributed by atoms with Crippen LogP contribution in [0.4, 0.5) is 0 Å². The fourth-order valence-electron chi connectivity index (χ4n) is 1.27. The van der Waals surface area contributed by atoms with E-state index in [-0.39, 0.29) is 11.3 Å². The first-order chi connectivity index (χ1) is 7.54. The molecule has 0 aromatic carbocycles. The van der Waals surface area contributed by atoms with E-state index >= 15 is 0 Å². The van der Waals surface area contributed by atoms with Crippen LogP contribution < -0.4 is 0 Å². The third-order valence-corrected chi connectivity index (χ3v) is 3.04. The molecule has 1 atom stereocenters. The van der Waals surface area contributed by atoms with Crippen LogP contribution in [0, 0.1) is 6.92 Å². The standard InChI is InChI=1S/C10H15ClN2O2S/c1-7-12-9(6-16-7)10(14)13(2)4-8(11)5-15-3/h6,8H,4-5H2,1-3H3. The Labute approximate surface area is 104 Å². The Kier molecular flexibility index (Phi) is 5.18. The Morgan fingerprint density at radius 1 is 1.75 bits per heavy atom. The molecule has 1 unspecified atom stereocenters. The Hall–Kier alpha value is -0.650. The molecular formula is C10H15ClN2O2S. The first kappa shape index (κ1) is 13.4. The van der Waals surface area contributed by atoms with Crippen molar-refractivity contribution in [2.75, 3.05) is 27.3 Å². The zero-order chi connectivity index (χ0) is 12.1. The van der Waals surface area contributed by atoms with Gasteiger partial charge in [-0.15, -0.1) is 22.9 Å². The van der Waals surface area contributed by atoms with Gasteiger partial charge in [-0.05, 0) is 6.92 Å². The van der Waals surface area contributed by atoms with Crippen molar-refractivity contribution in [3.63, 3.8) is 0 Å². The molecule has 6 heteroatoms. The number of aryl methyl sites for hydroxylation is 1.